The Labute approximate surface area is 161 Å². The molecule has 144 valence electrons. The van der Waals surface area contributed by atoms with Crippen LogP contribution in [0.25, 0.3) is 0 Å². The molecule has 0 spiro atoms. The van der Waals surface area contributed by atoms with Gasteiger partial charge in [-0.05, 0) is 32.1 Å². The molecule has 27 heavy (non-hydrogen) atoms. The van der Waals surface area contributed by atoms with Gasteiger partial charge in [-0.1, -0.05) is 60.2 Å². The fraction of sp³-hybridized carbons (Fsp3) is 0.364. The van der Waals surface area contributed by atoms with Crippen LogP contribution in [0.1, 0.15) is 42.1 Å². The monoisotopic (exact) mass is 367 g/mol. The minimum Gasteiger partial charge on any atom is -0.349 e. The van der Waals surface area contributed by atoms with E-state index in [-0.39, 0.29) is 30.3 Å². The average molecular weight is 367 g/mol. The summed E-state index contributed by atoms with van der Waals surface area (Å²) >= 11 is 0. The molecule has 0 saturated carbocycles. The second-order valence-corrected chi connectivity index (χ2v) is 7.16. The number of aryl methyl sites for hydroxylation is 1. The van der Waals surface area contributed by atoms with Crippen LogP contribution in [0.2, 0.25) is 0 Å². The van der Waals surface area contributed by atoms with E-state index in [1.807, 2.05) is 80.5 Å². The fourth-order valence-corrected chi connectivity index (χ4v) is 3.02. The topological polar surface area (TPSA) is 61.4 Å². The van der Waals surface area contributed by atoms with E-state index >= 15 is 0 Å². The predicted octanol–water partition coefficient (Wildman–Crippen LogP) is 2.98. The molecule has 2 atom stereocenters. The summed E-state index contributed by atoms with van der Waals surface area (Å²) in [7, 11) is 3.96. The van der Waals surface area contributed by atoms with Gasteiger partial charge in [-0.2, -0.15) is 0 Å². The van der Waals surface area contributed by atoms with Crippen LogP contribution in [-0.2, 0) is 9.59 Å². The number of carbonyl (C=O) groups excluding carboxylic acids is 2. The van der Waals surface area contributed by atoms with Gasteiger partial charge >= 0.3 is 0 Å². The number of rotatable bonds is 8. The Morgan fingerprint density at radius 2 is 1.48 bits per heavy atom. The van der Waals surface area contributed by atoms with Crippen molar-refractivity contribution < 1.29 is 9.59 Å². The van der Waals surface area contributed by atoms with Gasteiger partial charge in [0.05, 0.1) is 18.5 Å². The van der Waals surface area contributed by atoms with Crippen LogP contribution in [0, 0.1) is 6.92 Å². The Morgan fingerprint density at radius 1 is 0.889 bits per heavy atom. The van der Waals surface area contributed by atoms with E-state index in [4.69, 9.17) is 0 Å². The standard InChI is InChI=1S/C22H29N3O2/c1-16-10-12-19(13-11-16)20(23-17(2)26)14-22(27)24-21(15-25(3)4)18-8-6-5-7-9-18/h5-13,20-21H,14-15H2,1-4H3,(H,23,26)(H,24,27). The first-order valence-electron chi connectivity index (χ1n) is 9.18. The molecule has 2 aromatic carbocycles. The fourth-order valence-electron chi connectivity index (χ4n) is 3.02. The molecule has 2 amide bonds. The van der Waals surface area contributed by atoms with Gasteiger partial charge in [-0.15, -0.1) is 0 Å². The highest BCUT2D eigenvalue weighted by molar-refractivity contribution is 5.79. The molecule has 2 aromatic rings. The number of amides is 2. The zero-order chi connectivity index (χ0) is 19.8. The molecule has 5 nitrogen and oxygen atoms in total. The molecule has 0 saturated heterocycles. The van der Waals surface area contributed by atoms with Crippen molar-refractivity contribution >= 4 is 11.8 Å². The normalized spacial score (nSPS) is 13.1. The molecular weight excluding hydrogens is 338 g/mol. The number of hydrogen-bond donors (Lipinski definition) is 2. The van der Waals surface area contributed by atoms with E-state index in [1.165, 1.54) is 6.92 Å². The maximum absolute atomic E-state index is 12.8. The quantitative estimate of drug-likeness (QED) is 0.754. The molecule has 0 aliphatic carbocycles. The molecule has 0 bridgehead atoms. The van der Waals surface area contributed by atoms with Crippen LogP contribution in [0.5, 0.6) is 0 Å². The van der Waals surface area contributed by atoms with Crippen molar-refractivity contribution in [1.29, 1.82) is 0 Å². The lowest BCUT2D eigenvalue weighted by molar-refractivity contribution is -0.123. The Hall–Kier alpha value is -2.66. The first-order chi connectivity index (χ1) is 12.8. The van der Waals surface area contributed by atoms with Gasteiger partial charge < -0.3 is 15.5 Å². The summed E-state index contributed by atoms with van der Waals surface area (Å²) < 4.78 is 0. The average Bonchev–Trinajstić information content (AvgIpc) is 2.61. The lowest BCUT2D eigenvalue weighted by Gasteiger charge is -2.24. The number of carbonyl (C=O) groups is 2. The minimum atomic E-state index is -0.348. The summed E-state index contributed by atoms with van der Waals surface area (Å²) in [5, 5.41) is 6.01. The van der Waals surface area contributed by atoms with Crippen molar-refractivity contribution in [2.24, 2.45) is 0 Å². The maximum atomic E-state index is 12.8. The van der Waals surface area contributed by atoms with Gasteiger partial charge in [0.2, 0.25) is 11.8 Å². The van der Waals surface area contributed by atoms with Crippen LogP contribution in [0.3, 0.4) is 0 Å². The zero-order valence-corrected chi connectivity index (χ0v) is 16.5. The third-order valence-electron chi connectivity index (χ3n) is 4.33. The molecule has 0 aromatic heterocycles. The molecule has 0 radical (unpaired) electrons. The largest absolute Gasteiger partial charge is 0.349 e. The Morgan fingerprint density at radius 3 is 2.04 bits per heavy atom. The van der Waals surface area contributed by atoms with E-state index < -0.39 is 0 Å². The Balaban J connectivity index is 2.12. The second kappa shape index (κ2) is 9.88. The summed E-state index contributed by atoms with van der Waals surface area (Å²) in [5.74, 6) is -0.244. The van der Waals surface area contributed by atoms with Crippen LogP contribution < -0.4 is 10.6 Å². The number of nitrogens with zero attached hydrogens (tertiary/aromatic N) is 1. The highest BCUT2D eigenvalue weighted by Crippen LogP contribution is 2.19. The lowest BCUT2D eigenvalue weighted by Crippen LogP contribution is -2.38. The summed E-state index contributed by atoms with van der Waals surface area (Å²) in [5.41, 5.74) is 3.13. The molecule has 0 aliphatic heterocycles. The smallest absolute Gasteiger partial charge is 0.222 e. The third-order valence-corrected chi connectivity index (χ3v) is 4.33. The van der Waals surface area contributed by atoms with E-state index in [9.17, 15) is 9.59 Å². The number of nitrogens with one attached hydrogen (secondary N) is 2. The predicted molar refractivity (Wildman–Crippen MR) is 108 cm³/mol. The van der Waals surface area contributed by atoms with Gasteiger partial charge in [0, 0.05) is 13.5 Å². The summed E-state index contributed by atoms with van der Waals surface area (Å²) in [4.78, 5) is 26.4. The zero-order valence-electron chi connectivity index (χ0n) is 16.5. The number of hydrogen-bond acceptors (Lipinski definition) is 3. The first-order valence-corrected chi connectivity index (χ1v) is 9.18. The molecule has 0 fully saturated rings. The van der Waals surface area contributed by atoms with E-state index in [0.717, 1.165) is 16.7 Å². The van der Waals surface area contributed by atoms with E-state index in [0.29, 0.717) is 6.54 Å². The van der Waals surface area contributed by atoms with Gasteiger partial charge in [0.1, 0.15) is 0 Å². The van der Waals surface area contributed by atoms with Crippen LogP contribution >= 0.6 is 0 Å². The number of likely N-dealkylation sites (N-methyl/N-ethyl adjacent to an activating group) is 1. The second-order valence-electron chi connectivity index (χ2n) is 7.16. The highest BCUT2D eigenvalue weighted by atomic mass is 16.2. The van der Waals surface area contributed by atoms with Crippen molar-refractivity contribution in [1.82, 2.24) is 15.5 Å². The summed E-state index contributed by atoms with van der Waals surface area (Å²) in [6.07, 6.45) is 0.194. The summed E-state index contributed by atoms with van der Waals surface area (Å²) in [6.45, 7) is 4.18. The van der Waals surface area contributed by atoms with Crippen molar-refractivity contribution in [3.8, 4) is 0 Å². The maximum Gasteiger partial charge on any atom is 0.222 e. The third kappa shape index (κ3) is 6.87. The molecule has 5 heteroatoms. The van der Waals surface area contributed by atoms with E-state index in [1.54, 1.807) is 0 Å². The van der Waals surface area contributed by atoms with Crippen molar-refractivity contribution in [2.75, 3.05) is 20.6 Å². The molecule has 2 rings (SSSR count). The molecule has 2 N–H and O–H groups in total. The Bertz CT molecular complexity index is 742. The van der Waals surface area contributed by atoms with E-state index in [2.05, 4.69) is 10.6 Å². The minimum absolute atomic E-state index is 0.0926. The SMILES string of the molecule is CC(=O)NC(CC(=O)NC(CN(C)C)c1ccccc1)c1ccc(C)cc1. The first kappa shape index (κ1) is 20.6. The molecular formula is C22H29N3O2. The van der Waals surface area contributed by atoms with Gasteiger partial charge in [0.25, 0.3) is 0 Å². The van der Waals surface area contributed by atoms with Crippen LogP contribution in [0.4, 0.5) is 0 Å². The van der Waals surface area contributed by atoms with Gasteiger partial charge in [0.15, 0.2) is 0 Å². The van der Waals surface area contributed by atoms with Crippen LogP contribution in [0.15, 0.2) is 54.6 Å². The lowest BCUT2D eigenvalue weighted by atomic mass is 10.0. The molecule has 0 aliphatic rings. The van der Waals surface area contributed by atoms with Gasteiger partial charge in [-0.3, -0.25) is 9.59 Å². The molecule has 0 heterocycles. The van der Waals surface area contributed by atoms with Crippen LogP contribution in [-0.4, -0.2) is 37.4 Å². The molecule has 2 unspecified atom stereocenters. The summed E-state index contributed by atoms with van der Waals surface area (Å²) in [6, 6.07) is 17.4. The van der Waals surface area contributed by atoms with Crippen molar-refractivity contribution in [3.05, 3.63) is 71.3 Å². The Kier molecular flexibility index (Phi) is 7.55. The number of benzene rings is 2. The van der Waals surface area contributed by atoms with Crippen molar-refractivity contribution in [2.45, 2.75) is 32.4 Å². The highest BCUT2D eigenvalue weighted by Gasteiger charge is 2.20. The van der Waals surface area contributed by atoms with Crippen molar-refractivity contribution in [3.63, 3.8) is 0 Å². The van der Waals surface area contributed by atoms with Gasteiger partial charge in [-0.25, -0.2) is 0 Å².